The fourth-order valence-electron chi connectivity index (χ4n) is 3.63. The quantitative estimate of drug-likeness (QED) is 0.610. The van der Waals surface area contributed by atoms with Gasteiger partial charge in [-0.15, -0.1) is 11.8 Å². The van der Waals surface area contributed by atoms with Crippen LogP contribution in [0.15, 0.2) is 53.4 Å². The van der Waals surface area contributed by atoms with E-state index in [9.17, 15) is 4.79 Å². The van der Waals surface area contributed by atoms with Gasteiger partial charge in [0.1, 0.15) is 5.75 Å². The second kappa shape index (κ2) is 11.4. The second-order valence-corrected chi connectivity index (χ2v) is 8.79. The topological polar surface area (TPSA) is 50.8 Å². The molecule has 2 unspecified atom stereocenters. The Morgan fingerprint density at radius 1 is 1.07 bits per heavy atom. The van der Waals surface area contributed by atoms with Crippen LogP contribution in [0.2, 0.25) is 0 Å². The first-order valence-electron chi connectivity index (χ1n) is 10.6. The van der Waals surface area contributed by atoms with Gasteiger partial charge in [0, 0.05) is 31.1 Å². The SMILES string of the molecule is CCOc1ccc(SCC(=O)NCc2ccc(CN3CC(C)OC(C)C3)cc2)cc1. The molecule has 5 nitrogen and oxygen atoms in total. The van der Waals surface area contributed by atoms with Gasteiger partial charge in [-0.1, -0.05) is 24.3 Å². The van der Waals surface area contributed by atoms with E-state index in [-0.39, 0.29) is 18.1 Å². The molecule has 1 N–H and O–H groups in total. The van der Waals surface area contributed by atoms with E-state index in [0.717, 1.165) is 35.8 Å². The highest BCUT2D eigenvalue weighted by Crippen LogP contribution is 2.21. The Morgan fingerprint density at radius 3 is 2.33 bits per heavy atom. The first-order valence-corrected chi connectivity index (χ1v) is 11.6. The molecule has 1 heterocycles. The molecule has 0 saturated carbocycles. The van der Waals surface area contributed by atoms with Crippen molar-refractivity contribution in [3.63, 3.8) is 0 Å². The van der Waals surface area contributed by atoms with Gasteiger partial charge in [0.05, 0.1) is 24.6 Å². The molecule has 1 aliphatic heterocycles. The lowest BCUT2D eigenvalue weighted by Crippen LogP contribution is -2.44. The maximum absolute atomic E-state index is 12.2. The number of carbonyl (C=O) groups excluding carboxylic acids is 1. The highest BCUT2D eigenvalue weighted by molar-refractivity contribution is 8.00. The largest absolute Gasteiger partial charge is 0.494 e. The number of hydrogen-bond donors (Lipinski definition) is 1. The molecule has 1 saturated heterocycles. The lowest BCUT2D eigenvalue weighted by Gasteiger charge is -2.35. The normalized spacial score (nSPS) is 19.4. The molecule has 0 aromatic heterocycles. The average molecular weight is 429 g/mol. The first kappa shape index (κ1) is 22.7. The summed E-state index contributed by atoms with van der Waals surface area (Å²) >= 11 is 1.53. The summed E-state index contributed by atoms with van der Waals surface area (Å²) in [6.07, 6.45) is 0.562. The zero-order chi connectivity index (χ0) is 21.3. The molecule has 2 aromatic rings. The van der Waals surface area contributed by atoms with E-state index in [2.05, 4.69) is 48.3 Å². The van der Waals surface area contributed by atoms with Crippen LogP contribution in [-0.4, -0.2) is 48.5 Å². The van der Waals surface area contributed by atoms with E-state index < -0.39 is 0 Å². The number of carbonyl (C=O) groups is 1. The van der Waals surface area contributed by atoms with Gasteiger partial charge in [-0.3, -0.25) is 9.69 Å². The zero-order valence-electron chi connectivity index (χ0n) is 18.1. The van der Waals surface area contributed by atoms with Gasteiger partial charge in [-0.2, -0.15) is 0 Å². The van der Waals surface area contributed by atoms with Gasteiger partial charge >= 0.3 is 0 Å². The summed E-state index contributed by atoms with van der Waals surface area (Å²) in [5, 5.41) is 3.00. The van der Waals surface area contributed by atoms with Crippen molar-refractivity contribution in [2.24, 2.45) is 0 Å². The van der Waals surface area contributed by atoms with Crippen LogP contribution in [0, 0.1) is 0 Å². The number of thioether (sulfide) groups is 1. The van der Waals surface area contributed by atoms with Crippen LogP contribution in [-0.2, 0) is 22.6 Å². The molecule has 0 spiro atoms. The van der Waals surface area contributed by atoms with Gasteiger partial charge in [0.25, 0.3) is 0 Å². The van der Waals surface area contributed by atoms with E-state index in [1.54, 1.807) is 0 Å². The Hall–Kier alpha value is -2.02. The van der Waals surface area contributed by atoms with Crippen molar-refractivity contribution in [1.82, 2.24) is 10.2 Å². The zero-order valence-corrected chi connectivity index (χ0v) is 18.9. The lowest BCUT2D eigenvalue weighted by atomic mass is 10.1. The number of hydrogen-bond acceptors (Lipinski definition) is 5. The van der Waals surface area contributed by atoms with E-state index in [1.807, 2.05) is 31.2 Å². The third kappa shape index (κ3) is 7.35. The smallest absolute Gasteiger partial charge is 0.230 e. The number of benzene rings is 2. The molecule has 2 aromatic carbocycles. The molecule has 2 atom stereocenters. The van der Waals surface area contributed by atoms with E-state index in [0.29, 0.717) is 18.9 Å². The molecule has 1 fully saturated rings. The minimum atomic E-state index is 0.0363. The molecule has 0 radical (unpaired) electrons. The molecule has 162 valence electrons. The molecular weight excluding hydrogens is 396 g/mol. The molecule has 0 bridgehead atoms. The Kier molecular flexibility index (Phi) is 8.61. The molecule has 1 amide bonds. The first-order chi connectivity index (χ1) is 14.5. The van der Waals surface area contributed by atoms with Crippen molar-refractivity contribution in [3.05, 3.63) is 59.7 Å². The van der Waals surface area contributed by atoms with Gasteiger partial charge in [0.2, 0.25) is 5.91 Å². The summed E-state index contributed by atoms with van der Waals surface area (Å²) < 4.78 is 11.2. The van der Waals surface area contributed by atoms with E-state index in [1.165, 1.54) is 17.3 Å². The highest BCUT2D eigenvalue weighted by Gasteiger charge is 2.21. The molecule has 1 aliphatic rings. The van der Waals surface area contributed by atoms with Crippen molar-refractivity contribution < 1.29 is 14.3 Å². The number of ether oxygens (including phenoxy) is 2. The Morgan fingerprint density at radius 2 is 1.70 bits per heavy atom. The number of nitrogens with one attached hydrogen (secondary N) is 1. The van der Waals surface area contributed by atoms with Crippen LogP contribution in [0.5, 0.6) is 5.75 Å². The van der Waals surface area contributed by atoms with Crippen molar-refractivity contribution in [3.8, 4) is 5.75 Å². The van der Waals surface area contributed by atoms with Gasteiger partial charge < -0.3 is 14.8 Å². The number of amides is 1. The van der Waals surface area contributed by atoms with Crippen molar-refractivity contribution in [2.75, 3.05) is 25.4 Å². The molecule has 0 aliphatic carbocycles. The van der Waals surface area contributed by atoms with Gasteiger partial charge in [-0.05, 0) is 56.2 Å². The van der Waals surface area contributed by atoms with Gasteiger partial charge in [0.15, 0.2) is 0 Å². The summed E-state index contributed by atoms with van der Waals surface area (Å²) in [4.78, 5) is 15.7. The highest BCUT2D eigenvalue weighted by atomic mass is 32.2. The number of rotatable bonds is 9. The molecule has 3 rings (SSSR count). The van der Waals surface area contributed by atoms with Gasteiger partial charge in [-0.25, -0.2) is 0 Å². The predicted octanol–water partition coefficient (Wildman–Crippen LogP) is 4.10. The maximum atomic E-state index is 12.2. The standard InChI is InChI=1S/C24H32N2O3S/c1-4-28-22-9-11-23(12-10-22)30-17-24(27)25-13-20-5-7-21(8-6-20)16-26-14-18(2)29-19(3)15-26/h5-12,18-19H,4,13-17H2,1-3H3,(H,25,27). The summed E-state index contributed by atoms with van der Waals surface area (Å²) in [5.74, 6) is 1.29. The minimum Gasteiger partial charge on any atom is -0.494 e. The van der Waals surface area contributed by atoms with Crippen LogP contribution in [0.4, 0.5) is 0 Å². The van der Waals surface area contributed by atoms with Crippen LogP contribution < -0.4 is 10.1 Å². The average Bonchev–Trinajstić information content (AvgIpc) is 2.72. The Labute approximate surface area is 184 Å². The predicted molar refractivity (Wildman–Crippen MR) is 122 cm³/mol. The maximum Gasteiger partial charge on any atom is 0.230 e. The van der Waals surface area contributed by atoms with Crippen LogP contribution >= 0.6 is 11.8 Å². The van der Waals surface area contributed by atoms with Crippen LogP contribution in [0.25, 0.3) is 0 Å². The lowest BCUT2D eigenvalue weighted by molar-refractivity contribution is -0.118. The van der Waals surface area contributed by atoms with Crippen molar-refractivity contribution in [2.45, 2.75) is 51.0 Å². The van der Waals surface area contributed by atoms with Crippen LogP contribution in [0.1, 0.15) is 31.9 Å². The summed E-state index contributed by atoms with van der Waals surface area (Å²) in [7, 11) is 0. The Balaban J connectivity index is 1.39. The van der Waals surface area contributed by atoms with Crippen molar-refractivity contribution in [1.29, 1.82) is 0 Å². The second-order valence-electron chi connectivity index (χ2n) is 7.74. The van der Waals surface area contributed by atoms with E-state index in [4.69, 9.17) is 9.47 Å². The molecular formula is C24H32N2O3S. The molecule has 30 heavy (non-hydrogen) atoms. The molecule has 6 heteroatoms. The fraction of sp³-hybridized carbons (Fsp3) is 0.458. The number of nitrogens with zero attached hydrogens (tertiary/aromatic N) is 1. The monoisotopic (exact) mass is 428 g/mol. The third-order valence-electron chi connectivity index (χ3n) is 4.92. The summed E-state index contributed by atoms with van der Waals surface area (Å²) in [6.45, 7) is 10.3. The summed E-state index contributed by atoms with van der Waals surface area (Å²) in [5.41, 5.74) is 2.40. The number of morpholine rings is 1. The summed E-state index contributed by atoms with van der Waals surface area (Å²) in [6, 6.07) is 16.3. The third-order valence-corrected chi connectivity index (χ3v) is 5.93. The van der Waals surface area contributed by atoms with Crippen molar-refractivity contribution >= 4 is 17.7 Å². The fourth-order valence-corrected chi connectivity index (χ4v) is 4.36. The van der Waals surface area contributed by atoms with Crippen LogP contribution in [0.3, 0.4) is 0 Å². The minimum absolute atomic E-state index is 0.0363. The van der Waals surface area contributed by atoms with E-state index >= 15 is 0 Å². The Bertz CT molecular complexity index is 785.